The van der Waals surface area contributed by atoms with Gasteiger partial charge >= 0.3 is 0 Å². The van der Waals surface area contributed by atoms with Crippen LogP contribution in [-0.4, -0.2) is 22.8 Å². The average Bonchev–Trinajstić information content (AvgIpc) is 3.10. The number of hydrogen-bond acceptors (Lipinski definition) is 5. The fraction of sp³-hybridized carbons (Fsp3) is 0.474. The van der Waals surface area contributed by atoms with Crippen molar-refractivity contribution >= 4 is 12.1 Å². The molecule has 132 valence electrons. The van der Waals surface area contributed by atoms with Crippen LogP contribution < -0.4 is 9.44 Å². The summed E-state index contributed by atoms with van der Waals surface area (Å²) in [5.74, 6) is 0.395. The van der Waals surface area contributed by atoms with Gasteiger partial charge in [-0.15, -0.1) is 0 Å². The highest BCUT2D eigenvalue weighted by molar-refractivity contribution is 7.95. The molecular weight excluding hydrogens is 330 g/mol. The summed E-state index contributed by atoms with van der Waals surface area (Å²) in [7, 11) is 0. The van der Waals surface area contributed by atoms with Crippen LogP contribution >= 0.6 is 12.1 Å². The smallest absolute Gasteiger partial charge is 0.110 e. The van der Waals surface area contributed by atoms with Crippen molar-refractivity contribution in [1.82, 2.24) is 19.6 Å². The molecule has 1 fully saturated rings. The van der Waals surface area contributed by atoms with Crippen LogP contribution in [0.4, 0.5) is 0 Å². The van der Waals surface area contributed by atoms with Crippen molar-refractivity contribution in [1.29, 1.82) is 5.26 Å². The Morgan fingerprint density at radius 2 is 2.00 bits per heavy atom. The van der Waals surface area contributed by atoms with Crippen LogP contribution in [0.1, 0.15) is 56.2 Å². The van der Waals surface area contributed by atoms with Gasteiger partial charge in [-0.1, -0.05) is 37.3 Å². The van der Waals surface area contributed by atoms with Gasteiger partial charge < -0.3 is 0 Å². The summed E-state index contributed by atoms with van der Waals surface area (Å²) in [5.41, 5.74) is 3.49. The van der Waals surface area contributed by atoms with Crippen LogP contribution in [0.25, 0.3) is 11.3 Å². The minimum absolute atomic E-state index is 0.395. The van der Waals surface area contributed by atoms with Crippen LogP contribution in [0.15, 0.2) is 30.3 Å². The van der Waals surface area contributed by atoms with E-state index in [-0.39, 0.29) is 0 Å². The van der Waals surface area contributed by atoms with Gasteiger partial charge in [-0.3, -0.25) is 9.82 Å². The summed E-state index contributed by atoms with van der Waals surface area (Å²) >= 11 is 1.62. The third-order valence-electron chi connectivity index (χ3n) is 4.74. The standard InChI is InChI=1S/C19H25N5S/c1-2-12-21-25-24-16-10-8-15(9-11-16)19-17(13-20)18(22-23-19)14-6-4-3-5-7-14/h3-7,15-16,21,24H,2,8-12H2,1H3,(H,22,23). The molecule has 0 aliphatic heterocycles. The molecule has 0 unspecified atom stereocenters. The Labute approximate surface area is 153 Å². The van der Waals surface area contributed by atoms with Crippen molar-refractivity contribution in [2.24, 2.45) is 0 Å². The highest BCUT2D eigenvalue weighted by atomic mass is 32.2. The minimum atomic E-state index is 0.395. The van der Waals surface area contributed by atoms with Crippen molar-refractivity contribution in [3.63, 3.8) is 0 Å². The second kappa shape index (κ2) is 9.04. The average molecular weight is 356 g/mol. The Balaban J connectivity index is 1.62. The minimum Gasteiger partial charge on any atom is -0.280 e. The zero-order valence-corrected chi connectivity index (χ0v) is 15.4. The van der Waals surface area contributed by atoms with E-state index in [1.54, 1.807) is 12.1 Å². The number of benzene rings is 1. The van der Waals surface area contributed by atoms with Gasteiger partial charge in [0.1, 0.15) is 17.3 Å². The van der Waals surface area contributed by atoms with E-state index in [0.717, 1.165) is 55.6 Å². The first-order valence-corrected chi connectivity index (χ1v) is 9.83. The molecular formula is C19H25N5S. The van der Waals surface area contributed by atoms with Gasteiger partial charge in [-0.05, 0) is 32.1 Å². The molecule has 0 spiro atoms. The molecule has 6 heteroatoms. The number of hydrogen-bond donors (Lipinski definition) is 3. The third-order valence-corrected chi connectivity index (χ3v) is 5.54. The van der Waals surface area contributed by atoms with Crippen molar-refractivity contribution < 1.29 is 0 Å². The molecule has 0 saturated heterocycles. The Morgan fingerprint density at radius 1 is 1.24 bits per heavy atom. The van der Waals surface area contributed by atoms with E-state index in [9.17, 15) is 5.26 Å². The first-order chi connectivity index (χ1) is 12.3. The van der Waals surface area contributed by atoms with Gasteiger partial charge in [0.25, 0.3) is 0 Å². The predicted molar refractivity (Wildman–Crippen MR) is 103 cm³/mol. The zero-order chi connectivity index (χ0) is 17.5. The van der Waals surface area contributed by atoms with Crippen LogP contribution in [0.5, 0.6) is 0 Å². The Kier molecular flexibility index (Phi) is 6.51. The maximum atomic E-state index is 9.66. The summed E-state index contributed by atoms with van der Waals surface area (Å²) in [4.78, 5) is 0. The normalized spacial score (nSPS) is 20.3. The molecule has 3 rings (SSSR count). The van der Waals surface area contributed by atoms with Crippen molar-refractivity contribution in [2.75, 3.05) is 6.54 Å². The highest BCUT2D eigenvalue weighted by Crippen LogP contribution is 2.36. The number of H-pyrrole nitrogens is 1. The van der Waals surface area contributed by atoms with Gasteiger partial charge in [0, 0.05) is 36.2 Å². The number of nitrogens with one attached hydrogen (secondary N) is 3. The van der Waals surface area contributed by atoms with E-state index >= 15 is 0 Å². The molecule has 0 atom stereocenters. The molecule has 3 N–H and O–H groups in total. The number of aromatic amines is 1. The molecule has 1 saturated carbocycles. The Morgan fingerprint density at radius 3 is 2.68 bits per heavy atom. The molecule has 1 aliphatic rings. The van der Waals surface area contributed by atoms with E-state index in [1.165, 1.54) is 0 Å². The highest BCUT2D eigenvalue weighted by Gasteiger charge is 2.27. The number of nitriles is 1. The summed E-state index contributed by atoms with van der Waals surface area (Å²) < 4.78 is 6.81. The first kappa shape index (κ1) is 18.0. The second-order valence-corrected chi connectivity index (χ2v) is 7.23. The molecule has 0 radical (unpaired) electrons. The molecule has 2 aromatic rings. The lowest BCUT2D eigenvalue weighted by Crippen LogP contribution is -2.30. The van der Waals surface area contributed by atoms with Crippen molar-refractivity contribution in [3.8, 4) is 17.3 Å². The zero-order valence-electron chi connectivity index (χ0n) is 14.6. The van der Waals surface area contributed by atoms with Crippen LogP contribution in [0.2, 0.25) is 0 Å². The summed E-state index contributed by atoms with van der Waals surface area (Å²) in [6, 6.07) is 12.8. The van der Waals surface area contributed by atoms with Crippen LogP contribution in [-0.2, 0) is 0 Å². The van der Waals surface area contributed by atoms with Gasteiger partial charge in [0.05, 0.1) is 5.69 Å². The number of rotatable bonds is 7. The molecule has 1 aromatic carbocycles. The SMILES string of the molecule is CCCNSNC1CCC(c2[nH]nc(-c3ccccc3)c2C#N)CC1. The first-order valence-electron chi connectivity index (χ1n) is 9.01. The van der Waals surface area contributed by atoms with Crippen molar-refractivity contribution in [2.45, 2.75) is 51.0 Å². The Hall–Kier alpha value is -1.81. The number of aromatic nitrogens is 2. The molecule has 5 nitrogen and oxygen atoms in total. The molecule has 1 aliphatic carbocycles. The van der Waals surface area contributed by atoms with E-state index in [4.69, 9.17) is 0 Å². The van der Waals surface area contributed by atoms with Gasteiger partial charge in [0.2, 0.25) is 0 Å². The largest absolute Gasteiger partial charge is 0.280 e. The summed E-state index contributed by atoms with van der Waals surface area (Å²) in [5, 5.41) is 17.3. The fourth-order valence-electron chi connectivity index (χ4n) is 3.35. The molecule has 25 heavy (non-hydrogen) atoms. The summed E-state index contributed by atoms with van der Waals surface area (Å²) in [6.07, 6.45) is 5.54. The van der Waals surface area contributed by atoms with Gasteiger partial charge in [-0.25, -0.2) is 4.72 Å². The van der Waals surface area contributed by atoms with E-state index in [1.807, 2.05) is 30.3 Å². The van der Waals surface area contributed by atoms with Crippen LogP contribution in [0.3, 0.4) is 0 Å². The monoisotopic (exact) mass is 355 g/mol. The van der Waals surface area contributed by atoms with Crippen molar-refractivity contribution in [3.05, 3.63) is 41.6 Å². The third kappa shape index (κ3) is 4.43. The lowest BCUT2D eigenvalue weighted by Gasteiger charge is -2.28. The van der Waals surface area contributed by atoms with Gasteiger partial charge in [0.15, 0.2) is 0 Å². The molecule has 0 amide bonds. The number of nitrogens with zero attached hydrogens (tertiary/aromatic N) is 2. The quantitative estimate of drug-likeness (QED) is 0.514. The van der Waals surface area contributed by atoms with Crippen LogP contribution in [0, 0.1) is 11.3 Å². The molecule has 1 heterocycles. The van der Waals surface area contributed by atoms with E-state index < -0.39 is 0 Å². The molecule has 0 bridgehead atoms. The summed E-state index contributed by atoms with van der Waals surface area (Å²) in [6.45, 7) is 3.19. The van der Waals surface area contributed by atoms with Gasteiger partial charge in [-0.2, -0.15) is 10.4 Å². The Bertz CT molecular complexity index is 698. The van der Waals surface area contributed by atoms with E-state index in [0.29, 0.717) is 17.5 Å². The lowest BCUT2D eigenvalue weighted by atomic mass is 9.83. The lowest BCUT2D eigenvalue weighted by molar-refractivity contribution is 0.376. The maximum absolute atomic E-state index is 9.66. The van der Waals surface area contributed by atoms with E-state index in [2.05, 4.69) is 32.6 Å². The molecule has 1 aromatic heterocycles. The maximum Gasteiger partial charge on any atom is 0.110 e. The predicted octanol–water partition coefficient (Wildman–Crippen LogP) is 4.13. The second-order valence-electron chi connectivity index (χ2n) is 6.50. The fourth-order valence-corrected chi connectivity index (χ4v) is 4.14. The topological polar surface area (TPSA) is 76.5 Å².